The van der Waals surface area contributed by atoms with Crippen LogP contribution in [0.5, 0.6) is 0 Å². The van der Waals surface area contributed by atoms with Crippen LogP contribution in [0.3, 0.4) is 0 Å². The molecule has 1 fully saturated rings. The van der Waals surface area contributed by atoms with Crippen LogP contribution in [0.4, 0.5) is 11.5 Å². The highest BCUT2D eigenvalue weighted by Crippen LogP contribution is 2.38. The fraction of sp³-hybridized carbons (Fsp3) is 0.179. The molecule has 0 aliphatic heterocycles. The Bertz CT molecular complexity index is 1650. The van der Waals surface area contributed by atoms with E-state index in [0.29, 0.717) is 23.2 Å². The van der Waals surface area contributed by atoms with Crippen LogP contribution in [0.2, 0.25) is 0 Å². The van der Waals surface area contributed by atoms with Crippen molar-refractivity contribution >= 4 is 28.4 Å². The molecule has 1 aliphatic carbocycles. The third-order valence-corrected chi connectivity index (χ3v) is 6.93. The number of nitrogens with zero attached hydrogens (tertiary/aromatic N) is 5. The second kappa shape index (κ2) is 9.34. The number of benzene rings is 1. The summed E-state index contributed by atoms with van der Waals surface area (Å²) in [5.41, 5.74) is 9.82. The van der Waals surface area contributed by atoms with Crippen LogP contribution in [0.1, 0.15) is 42.1 Å². The Morgan fingerprint density at radius 3 is 2.59 bits per heavy atom. The van der Waals surface area contributed by atoms with Crippen molar-refractivity contribution in [1.29, 1.82) is 0 Å². The first kappa shape index (κ1) is 22.7. The van der Waals surface area contributed by atoms with E-state index in [0.717, 1.165) is 35.0 Å². The lowest BCUT2D eigenvalue weighted by Crippen LogP contribution is -2.27. The van der Waals surface area contributed by atoms with E-state index < -0.39 is 11.5 Å². The summed E-state index contributed by atoms with van der Waals surface area (Å²) in [6, 6.07) is 14.6. The summed E-state index contributed by atoms with van der Waals surface area (Å²) >= 11 is 0. The lowest BCUT2D eigenvalue weighted by molar-refractivity contribution is 0.102. The zero-order valence-electron chi connectivity index (χ0n) is 20.0. The Morgan fingerprint density at radius 2 is 1.84 bits per heavy atom. The van der Waals surface area contributed by atoms with Crippen LogP contribution in [0.15, 0.2) is 84.4 Å². The second-order valence-electron chi connectivity index (χ2n) is 9.19. The minimum atomic E-state index is -0.480. The highest BCUT2D eigenvalue weighted by molar-refractivity contribution is 6.04. The van der Waals surface area contributed by atoms with Gasteiger partial charge in [0.25, 0.3) is 11.5 Å². The van der Waals surface area contributed by atoms with Crippen molar-refractivity contribution in [2.45, 2.75) is 31.7 Å². The van der Waals surface area contributed by atoms with Gasteiger partial charge < -0.3 is 15.6 Å². The third-order valence-electron chi connectivity index (χ3n) is 6.93. The van der Waals surface area contributed by atoms with Gasteiger partial charge in [0, 0.05) is 35.9 Å². The largest absolute Gasteiger partial charge is 0.383 e. The summed E-state index contributed by atoms with van der Waals surface area (Å²) in [7, 11) is 0. The van der Waals surface area contributed by atoms with Gasteiger partial charge in [0.1, 0.15) is 23.4 Å². The van der Waals surface area contributed by atoms with Crippen LogP contribution >= 0.6 is 0 Å². The average molecular weight is 492 g/mol. The van der Waals surface area contributed by atoms with Gasteiger partial charge >= 0.3 is 0 Å². The molecule has 9 nitrogen and oxygen atoms in total. The maximum Gasteiger partial charge on any atom is 0.267 e. The molecule has 184 valence electrons. The van der Waals surface area contributed by atoms with Crippen molar-refractivity contribution in [3.05, 3.63) is 95.6 Å². The Kier molecular flexibility index (Phi) is 5.72. The Morgan fingerprint density at radius 1 is 1.03 bits per heavy atom. The fourth-order valence-corrected chi connectivity index (χ4v) is 5.09. The number of pyridine rings is 2. The molecule has 6 rings (SSSR count). The minimum Gasteiger partial charge on any atom is -0.383 e. The van der Waals surface area contributed by atoms with E-state index in [1.165, 1.54) is 29.8 Å². The quantitative estimate of drug-likeness (QED) is 0.371. The number of fused-ring (bicyclic) bond motifs is 1. The number of aromatic nitrogens is 5. The molecule has 1 amide bonds. The number of nitrogens with two attached hydrogens (primary N) is 1. The number of anilines is 2. The SMILES string of the molecule is Nc1ncnc2c1c(-c1ccc(NC(=O)c3cccn(-c4cccnc4)c3=O)cc1)cn2C1CCCC1. The maximum absolute atomic E-state index is 13.0. The molecule has 0 saturated heterocycles. The molecule has 37 heavy (non-hydrogen) atoms. The van der Waals surface area contributed by atoms with Crippen molar-refractivity contribution < 1.29 is 4.79 Å². The van der Waals surface area contributed by atoms with Crippen LogP contribution < -0.4 is 16.6 Å². The van der Waals surface area contributed by atoms with Crippen LogP contribution in [-0.2, 0) is 0 Å². The van der Waals surface area contributed by atoms with Gasteiger partial charge in [0.15, 0.2) is 0 Å². The number of hydrogen-bond donors (Lipinski definition) is 2. The monoisotopic (exact) mass is 491 g/mol. The molecule has 0 bridgehead atoms. The highest BCUT2D eigenvalue weighted by Gasteiger charge is 2.23. The number of carbonyl (C=O) groups excluding carboxylic acids is 1. The summed E-state index contributed by atoms with van der Waals surface area (Å²) in [5.74, 6) is -0.0328. The molecule has 1 aromatic carbocycles. The second-order valence-corrected chi connectivity index (χ2v) is 9.19. The first-order valence-corrected chi connectivity index (χ1v) is 12.2. The van der Waals surface area contributed by atoms with Crippen molar-refractivity contribution in [3.63, 3.8) is 0 Å². The molecular weight excluding hydrogens is 466 g/mol. The number of rotatable bonds is 5. The summed E-state index contributed by atoms with van der Waals surface area (Å²) in [6.07, 6.45) is 13.1. The van der Waals surface area contributed by atoms with E-state index in [9.17, 15) is 9.59 Å². The molecule has 1 aliphatic rings. The number of hydrogen-bond acceptors (Lipinski definition) is 6. The summed E-state index contributed by atoms with van der Waals surface area (Å²) in [4.78, 5) is 38.7. The molecule has 0 radical (unpaired) electrons. The summed E-state index contributed by atoms with van der Waals surface area (Å²) in [5, 5.41) is 3.67. The first-order valence-electron chi connectivity index (χ1n) is 12.2. The van der Waals surface area contributed by atoms with Gasteiger partial charge in [0.2, 0.25) is 0 Å². The third kappa shape index (κ3) is 4.14. The predicted octanol–water partition coefficient (Wildman–Crippen LogP) is 4.59. The first-order chi connectivity index (χ1) is 18.1. The number of amides is 1. The molecule has 0 unspecified atom stereocenters. The standard InChI is InChI=1S/C28H25N7O2/c29-25-24-23(16-35(20-5-1-2-6-20)26(24)32-17-31-25)18-9-11-19(12-10-18)33-27(36)22-8-4-14-34(28(22)37)21-7-3-13-30-15-21/h3-4,7-17,20H,1-2,5-6H2,(H,33,36)(H2,29,31,32). The van der Waals surface area contributed by atoms with Crippen LogP contribution in [0, 0.1) is 0 Å². The molecule has 4 aromatic heterocycles. The molecule has 3 N–H and O–H groups in total. The normalized spacial score (nSPS) is 13.7. The topological polar surface area (TPSA) is 121 Å². The van der Waals surface area contributed by atoms with E-state index in [1.807, 2.05) is 24.3 Å². The van der Waals surface area contributed by atoms with Crippen molar-refractivity contribution in [3.8, 4) is 16.8 Å². The van der Waals surface area contributed by atoms with Gasteiger partial charge in [-0.15, -0.1) is 0 Å². The van der Waals surface area contributed by atoms with Gasteiger partial charge in [0.05, 0.1) is 17.3 Å². The van der Waals surface area contributed by atoms with Crippen molar-refractivity contribution in [2.24, 2.45) is 0 Å². The Labute approximate surface area is 212 Å². The molecule has 0 atom stereocenters. The summed E-state index contributed by atoms with van der Waals surface area (Å²) in [6.45, 7) is 0. The van der Waals surface area contributed by atoms with E-state index in [4.69, 9.17) is 5.73 Å². The number of carbonyl (C=O) groups is 1. The van der Waals surface area contributed by atoms with E-state index in [1.54, 1.807) is 36.8 Å². The Balaban J connectivity index is 1.29. The van der Waals surface area contributed by atoms with Crippen LogP contribution in [0.25, 0.3) is 27.8 Å². The molecule has 9 heteroatoms. The van der Waals surface area contributed by atoms with Gasteiger partial charge in [-0.1, -0.05) is 25.0 Å². The summed E-state index contributed by atoms with van der Waals surface area (Å²) < 4.78 is 3.63. The van der Waals surface area contributed by atoms with E-state index >= 15 is 0 Å². The highest BCUT2D eigenvalue weighted by atomic mass is 16.2. The molecule has 4 heterocycles. The van der Waals surface area contributed by atoms with Gasteiger partial charge in [-0.3, -0.25) is 19.1 Å². The maximum atomic E-state index is 13.0. The lowest BCUT2D eigenvalue weighted by atomic mass is 10.1. The predicted molar refractivity (Wildman–Crippen MR) is 143 cm³/mol. The number of nitrogen functional groups attached to an aromatic ring is 1. The average Bonchev–Trinajstić information content (AvgIpc) is 3.59. The smallest absolute Gasteiger partial charge is 0.267 e. The molecular formula is C28H25N7O2. The van der Waals surface area contributed by atoms with Gasteiger partial charge in [-0.05, 0) is 54.8 Å². The zero-order valence-corrected chi connectivity index (χ0v) is 20.0. The van der Waals surface area contributed by atoms with E-state index in [-0.39, 0.29) is 5.56 Å². The lowest BCUT2D eigenvalue weighted by Gasteiger charge is -2.12. The molecule has 1 saturated carbocycles. The Hall–Kier alpha value is -4.79. The van der Waals surface area contributed by atoms with Crippen molar-refractivity contribution in [2.75, 3.05) is 11.1 Å². The van der Waals surface area contributed by atoms with Crippen LogP contribution in [-0.4, -0.2) is 30.0 Å². The fourth-order valence-electron chi connectivity index (χ4n) is 5.09. The van der Waals surface area contributed by atoms with E-state index in [2.05, 4.69) is 31.0 Å². The molecule has 5 aromatic rings. The van der Waals surface area contributed by atoms with Gasteiger partial charge in [-0.2, -0.15) is 0 Å². The van der Waals surface area contributed by atoms with Crippen molar-refractivity contribution in [1.82, 2.24) is 24.1 Å². The minimum absolute atomic E-state index is 0.0417. The number of nitrogens with one attached hydrogen (secondary N) is 1. The van der Waals surface area contributed by atoms with Gasteiger partial charge in [-0.25, -0.2) is 9.97 Å². The zero-order chi connectivity index (χ0) is 25.4. The molecule has 0 spiro atoms.